The minimum Gasteiger partial charge on any atom is -0.469 e. The van der Waals surface area contributed by atoms with Crippen LogP contribution in [0.2, 0.25) is 0 Å². The van der Waals surface area contributed by atoms with E-state index in [0.717, 1.165) is 24.8 Å². The number of benzene rings is 1. The van der Waals surface area contributed by atoms with E-state index in [2.05, 4.69) is 35.9 Å². The minimum atomic E-state index is -0.172. The lowest BCUT2D eigenvalue weighted by molar-refractivity contribution is -0.140. The van der Waals surface area contributed by atoms with Gasteiger partial charge < -0.3 is 9.47 Å². The van der Waals surface area contributed by atoms with Crippen LogP contribution < -0.4 is 0 Å². The Morgan fingerprint density at radius 3 is 2.73 bits per heavy atom. The van der Waals surface area contributed by atoms with Gasteiger partial charge in [0.25, 0.3) is 0 Å². The lowest BCUT2D eigenvalue weighted by Gasteiger charge is -2.20. The highest BCUT2D eigenvalue weighted by Gasteiger charge is 2.39. The molecular weight excluding hydrogens is 328 g/mol. The standard InChI is InChI=1S/C22H30O4/c1-17-14-21(23)19(12-8-3-4-9-13-22(24)25-2)20(17)16-26-15-18-10-6-5-7-11-18/h3,5-8,10-11,17,19-20H,4,9,12-16H2,1-2H3. The molecule has 0 radical (unpaired) electrons. The second kappa shape index (κ2) is 10.9. The van der Waals surface area contributed by atoms with Crippen LogP contribution in [-0.4, -0.2) is 25.5 Å². The number of carbonyl (C=O) groups excluding carboxylic acids is 2. The molecule has 2 rings (SSSR count). The fourth-order valence-electron chi connectivity index (χ4n) is 3.56. The Bertz CT molecular complexity index is 593. The molecular formula is C22H30O4. The van der Waals surface area contributed by atoms with Gasteiger partial charge in [0.05, 0.1) is 20.3 Å². The van der Waals surface area contributed by atoms with Gasteiger partial charge in [-0.05, 0) is 36.7 Å². The Morgan fingerprint density at radius 1 is 1.23 bits per heavy atom. The van der Waals surface area contributed by atoms with Crippen LogP contribution >= 0.6 is 0 Å². The molecule has 4 nitrogen and oxygen atoms in total. The number of unbranched alkanes of at least 4 members (excludes halogenated alkanes) is 1. The molecule has 0 amide bonds. The molecule has 1 aromatic rings. The number of allylic oxidation sites excluding steroid dienone is 2. The van der Waals surface area contributed by atoms with Crippen LogP contribution in [0, 0.1) is 17.8 Å². The van der Waals surface area contributed by atoms with E-state index >= 15 is 0 Å². The van der Waals surface area contributed by atoms with Gasteiger partial charge in [0.1, 0.15) is 5.78 Å². The van der Waals surface area contributed by atoms with Crippen molar-refractivity contribution in [2.24, 2.45) is 17.8 Å². The Morgan fingerprint density at radius 2 is 2.00 bits per heavy atom. The summed E-state index contributed by atoms with van der Waals surface area (Å²) >= 11 is 0. The van der Waals surface area contributed by atoms with Gasteiger partial charge in [0.15, 0.2) is 0 Å². The summed E-state index contributed by atoms with van der Waals surface area (Å²) in [4.78, 5) is 23.4. The Balaban J connectivity index is 1.75. The van der Waals surface area contributed by atoms with Gasteiger partial charge in [-0.25, -0.2) is 0 Å². The van der Waals surface area contributed by atoms with Crippen molar-refractivity contribution in [3.63, 3.8) is 0 Å². The maximum Gasteiger partial charge on any atom is 0.305 e. The first-order valence-electron chi connectivity index (χ1n) is 9.48. The van der Waals surface area contributed by atoms with Crippen LogP contribution in [0.1, 0.15) is 44.6 Å². The zero-order valence-corrected chi connectivity index (χ0v) is 15.9. The van der Waals surface area contributed by atoms with Gasteiger partial charge in [-0.2, -0.15) is 0 Å². The summed E-state index contributed by atoms with van der Waals surface area (Å²) in [5, 5.41) is 0. The van der Waals surface area contributed by atoms with Crippen LogP contribution in [-0.2, 0) is 25.7 Å². The van der Waals surface area contributed by atoms with Gasteiger partial charge in [0, 0.05) is 18.8 Å². The maximum atomic E-state index is 12.3. The molecule has 1 aromatic carbocycles. The van der Waals surface area contributed by atoms with Crippen LogP contribution in [0.25, 0.3) is 0 Å². The van der Waals surface area contributed by atoms with E-state index in [-0.39, 0.29) is 17.8 Å². The summed E-state index contributed by atoms with van der Waals surface area (Å²) in [7, 11) is 1.41. The summed E-state index contributed by atoms with van der Waals surface area (Å²) in [6, 6.07) is 10.1. The summed E-state index contributed by atoms with van der Waals surface area (Å²) in [6.07, 6.45) is 7.63. The normalized spacial score (nSPS) is 22.8. The molecule has 0 aromatic heterocycles. The monoisotopic (exact) mass is 358 g/mol. The number of ketones is 1. The molecule has 0 spiro atoms. The largest absolute Gasteiger partial charge is 0.469 e. The molecule has 0 bridgehead atoms. The molecule has 1 saturated carbocycles. The smallest absolute Gasteiger partial charge is 0.305 e. The molecule has 1 fully saturated rings. The summed E-state index contributed by atoms with van der Waals surface area (Å²) in [5.41, 5.74) is 1.16. The molecule has 0 heterocycles. The number of ether oxygens (including phenoxy) is 2. The second-order valence-corrected chi connectivity index (χ2v) is 7.09. The highest BCUT2D eigenvalue weighted by atomic mass is 16.5. The number of carbonyl (C=O) groups is 2. The van der Waals surface area contributed by atoms with E-state index in [0.29, 0.717) is 37.8 Å². The fraction of sp³-hybridized carbons (Fsp3) is 0.545. The van der Waals surface area contributed by atoms with Gasteiger partial charge in [-0.3, -0.25) is 9.59 Å². The highest BCUT2D eigenvalue weighted by molar-refractivity contribution is 5.84. The second-order valence-electron chi connectivity index (χ2n) is 7.09. The molecule has 1 aliphatic rings. The minimum absolute atomic E-state index is 0.0534. The molecule has 1 aliphatic carbocycles. The molecule has 26 heavy (non-hydrogen) atoms. The van der Waals surface area contributed by atoms with Crippen molar-refractivity contribution < 1.29 is 19.1 Å². The molecule has 3 unspecified atom stereocenters. The number of Topliss-reactive ketones (excluding diaryl/α,β-unsaturated/α-hetero) is 1. The van der Waals surface area contributed by atoms with Crippen molar-refractivity contribution in [1.29, 1.82) is 0 Å². The predicted octanol–water partition coefficient (Wildman–Crippen LogP) is 4.33. The van der Waals surface area contributed by atoms with Crippen LogP contribution in [0.4, 0.5) is 0 Å². The third kappa shape index (κ3) is 6.41. The lowest BCUT2D eigenvalue weighted by atomic mass is 9.88. The summed E-state index contributed by atoms with van der Waals surface area (Å²) in [5.74, 6) is 0.887. The first kappa shape index (κ1) is 20.4. The van der Waals surface area contributed by atoms with Crippen molar-refractivity contribution in [1.82, 2.24) is 0 Å². The number of rotatable bonds is 10. The van der Waals surface area contributed by atoms with Crippen LogP contribution in [0.15, 0.2) is 42.5 Å². The van der Waals surface area contributed by atoms with Crippen molar-refractivity contribution >= 4 is 11.8 Å². The molecule has 0 aliphatic heterocycles. The number of hydrogen-bond donors (Lipinski definition) is 0. The Kier molecular flexibility index (Phi) is 8.56. The first-order chi connectivity index (χ1) is 12.6. The van der Waals surface area contributed by atoms with Crippen molar-refractivity contribution in [3.05, 3.63) is 48.0 Å². The van der Waals surface area contributed by atoms with Crippen LogP contribution in [0.5, 0.6) is 0 Å². The van der Waals surface area contributed by atoms with E-state index in [9.17, 15) is 9.59 Å². The van der Waals surface area contributed by atoms with Crippen LogP contribution in [0.3, 0.4) is 0 Å². The summed E-state index contributed by atoms with van der Waals surface area (Å²) in [6.45, 7) is 3.37. The average Bonchev–Trinajstić information content (AvgIpc) is 2.92. The number of esters is 1. The zero-order valence-electron chi connectivity index (χ0n) is 15.9. The van der Waals surface area contributed by atoms with Crippen molar-refractivity contribution in [2.75, 3.05) is 13.7 Å². The van der Waals surface area contributed by atoms with Gasteiger partial charge in [-0.1, -0.05) is 49.4 Å². The molecule has 142 valence electrons. The molecule has 0 N–H and O–H groups in total. The maximum absolute atomic E-state index is 12.3. The third-order valence-corrected chi connectivity index (χ3v) is 5.14. The van der Waals surface area contributed by atoms with E-state index in [1.54, 1.807) is 0 Å². The quantitative estimate of drug-likeness (QED) is 0.355. The number of hydrogen-bond acceptors (Lipinski definition) is 4. The van der Waals surface area contributed by atoms with Gasteiger partial charge in [-0.15, -0.1) is 0 Å². The highest BCUT2D eigenvalue weighted by Crippen LogP contribution is 2.36. The molecule has 3 atom stereocenters. The SMILES string of the molecule is COC(=O)CCCC=CCC1C(=O)CC(C)C1COCc1ccccc1. The Labute approximate surface area is 156 Å². The average molecular weight is 358 g/mol. The third-order valence-electron chi connectivity index (χ3n) is 5.14. The van der Waals surface area contributed by atoms with E-state index in [1.807, 2.05) is 18.2 Å². The topological polar surface area (TPSA) is 52.6 Å². The Hall–Kier alpha value is -1.94. The zero-order chi connectivity index (χ0) is 18.8. The van der Waals surface area contributed by atoms with Crippen molar-refractivity contribution in [3.8, 4) is 0 Å². The van der Waals surface area contributed by atoms with E-state index < -0.39 is 0 Å². The summed E-state index contributed by atoms with van der Waals surface area (Å²) < 4.78 is 10.5. The van der Waals surface area contributed by atoms with Gasteiger partial charge >= 0.3 is 5.97 Å². The molecule has 4 heteroatoms. The molecule has 0 saturated heterocycles. The first-order valence-corrected chi connectivity index (χ1v) is 9.48. The van der Waals surface area contributed by atoms with E-state index in [1.165, 1.54) is 7.11 Å². The number of methoxy groups -OCH3 is 1. The van der Waals surface area contributed by atoms with Crippen molar-refractivity contribution in [2.45, 2.75) is 45.6 Å². The van der Waals surface area contributed by atoms with Gasteiger partial charge in [0.2, 0.25) is 0 Å². The van der Waals surface area contributed by atoms with E-state index in [4.69, 9.17) is 4.74 Å². The fourth-order valence-corrected chi connectivity index (χ4v) is 3.56. The lowest BCUT2D eigenvalue weighted by Crippen LogP contribution is -2.21. The predicted molar refractivity (Wildman–Crippen MR) is 101 cm³/mol.